The molecule has 0 radical (unpaired) electrons. The van der Waals surface area contributed by atoms with Crippen molar-refractivity contribution >= 4 is 0 Å². The Hall–Kier alpha value is -0.930. The lowest BCUT2D eigenvalue weighted by molar-refractivity contribution is 0.00865. The molecule has 1 saturated heterocycles. The fraction of sp³-hybridized carbons (Fsp3) is 0.625. The van der Waals surface area contributed by atoms with E-state index in [-0.39, 0.29) is 11.9 Å². The molecule has 0 spiro atoms. The first-order valence-electron chi connectivity index (χ1n) is 7.25. The van der Waals surface area contributed by atoms with Crippen molar-refractivity contribution < 1.29 is 9.13 Å². The molecule has 1 N–H and O–H groups in total. The Morgan fingerprint density at radius 1 is 1.42 bits per heavy atom. The van der Waals surface area contributed by atoms with Crippen LogP contribution in [0.15, 0.2) is 18.2 Å². The maximum absolute atomic E-state index is 13.4. The lowest BCUT2D eigenvalue weighted by Crippen LogP contribution is -2.23. The monoisotopic (exact) mass is 265 g/mol. The molecule has 2 rings (SSSR count). The zero-order valence-corrected chi connectivity index (χ0v) is 11.9. The third kappa shape index (κ3) is 4.02. The minimum atomic E-state index is -0.158. The number of ether oxygens (including phenoxy) is 1. The summed E-state index contributed by atoms with van der Waals surface area (Å²) in [5, 5.41) is 3.30. The second-order valence-electron chi connectivity index (χ2n) is 5.41. The molecule has 0 aliphatic carbocycles. The predicted molar refractivity (Wildman–Crippen MR) is 75.8 cm³/mol. The number of benzene rings is 1. The smallest absolute Gasteiger partial charge is 0.123 e. The van der Waals surface area contributed by atoms with E-state index in [4.69, 9.17) is 4.74 Å². The average Bonchev–Trinajstić information content (AvgIpc) is 2.44. The second-order valence-corrected chi connectivity index (χ2v) is 5.41. The molecule has 1 aromatic rings. The second kappa shape index (κ2) is 7.01. The van der Waals surface area contributed by atoms with Gasteiger partial charge in [0.15, 0.2) is 0 Å². The van der Waals surface area contributed by atoms with Crippen LogP contribution in [-0.4, -0.2) is 19.8 Å². The summed E-state index contributed by atoms with van der Waals surface area (Å²) in [6.07, 6.45) is 6.05. The summed E-state index contributed by atoms with van der Waals surface area (Å²) < 4.78 is 19.1. The Labute approximate surface area is 115 Å². The van der Waals surface area contributed by atoms with Gasteiger partial charge in [0.05, 0.1) is 6.10 Å². The fourth-order valence-electron chi connectivity index (χ4n) is 2.83. The van der Waals surface area contributed by atoms with Gasteiger partial charge in [-0.05, 0) is 69.3 Å². The van der Waals surface area contributed by atoms with E-state index < -0.39 is 0 Å². The van der Waals surface area contributed by atoms with E-state index in [1.807, 2.05) is 20.0 Å². The Morgan fingerprint density at radius 2 is 2.26 bits per heavy atom. The van der Waals surface area contributed by atoms with Gasteiger partial charge in [-0.25, -0.2) is 4.39 Å². The van der Waals surface area contributed by atoms with E-state index in [9.17, 15) is 4.39 Å². The van der Waals surface area contributed by atoms with Crippen LogP contribution >= 0.6 is 0 Å². The van der Waals surface area contributed by atoms with Crippen LogP contribution in [-0.2, 0) is 4.74 Å². The normalized spacial score (nSPS) is 21.3. The van der Waals surface area contributed by atoms with Crippen molar-refractivity contribution in [1.29, 1.82) is 0 Å². The number of hydrogen-bond donors (Lipinski definition) is 1. The van der Waals surface area contributed by atoms with Gasteiger partial charge >= 0.3 is 0 Å². The Kier molecular flexibility index (Phi) is 5.34. The van der Waals surface area contributed by atoms with Crippen molar-refractivity contribution in [2.24, 2.45) is 0 Å². The summed E-state index contributed by atoms with van der Waals surface area (Å²) in [6.45, 7) is 2.93. The molecule has 0 amide bonds. The highest BCUT2D eigenvalue weighted by Crippen LogP contribution is 2.26. The van der Waals surface area contributed by atoms with Crippen LogP contribution in [0.2, 0.25) is 0 Å². The molecule has 2 atom stereocenters. The highest BCUT2D eigenvalue weighted by molar-refractivity contribution is 5.29. The van der Waals surface area contributed by atoms with Gasteiger partial charge in [-0.15, -0.1) is 0 Å². The minimum Gasteiger partial charge on any atom is -0.378 e. The summed E-state index contributed by atoms with van der Waals surface area (Å²) in [6, 6.07) is 5.24. The van der Waals surface area contributed by atoms with Gasteiger partial charge in [0, 0.05) is 12.6 Å². The van der Waals surface area contributed by atoms with Crippen molar-refractivity contribution in [1.82, 2.24) is 5.32 Å². The van der Waals surface area contributed by atoms with Crippen molar-refractivity contribution in [3.63, 3.8) is 0 Å². The molecule has 1 aromatic carbocycles. The highest BCUT2D eigenvalue weighted by atomic mass is 19.1. The quantitative estimate of drug-likeness (QED) is 0.875. The molecular formula is C16H24FNO. The Balaban J connectivity index is 1.97. The first-order valence-corrected chi connectivity index (χ1v) is 7.25. The molecular weight excluding hydrogens is 241 g/mol. The third-order valence-corrected chi connectivity index (χ3v) is 4.02. The predicted octanol–water partition coefficient (Wildman–Crippen LogP) is 3.74. The molecule has 1 aliphatic heterocycles. The first-order chi connectivity index (χ1) is 9.20. The summed E-state index contributed by atoms with van der Waals surface area (Å²) in [5.41, 5.74) is 2.21. The summed E-state index contributed by atoms with van der Waals surface area (Å²) in [4.78, 5) is 0. The topological polar surface area (TPSA) is 21.3 Å². The molecule has 0 saturated carbocycles. The standard InChI is InChI=1S/C16H24FNO/c1-12-6-7-13(17)11-15(12)16(18-2)9-8-14-5-3-4-10-19-14/h6-7,11,14,16,18H,3-5,8-10H2,1-2H3. The molecule has 3 heteroatoms. The lowest BCUT2D eigenvalue weighted by atomic mass is 9.94. The highest BCUT2D eigenvalue weighted by Gasteiger charge is 2.18. The van der Waals surface area contributed by atoms with Crippen molar-refractivity contribution in [3.8, 4) is 0 Å². The van der Waals surface area contributed by atoms with Crippen molar-refractivity contribution in [3.05, 3.63) is 35.1 Å². The van der Waals surface area contributed by atoms with Crippen LogP contribution in [0.1, 0.15) is 49.3 Å². The van der Waals surface area contributed by atoms with Crippen molar-refractivity contribution in [2.45, 2.75) is 51.2 Å². The maximum Gasteiger partial charge on any atom is 0.123 e. The van der Waals surface area contributed by atoms with E-state index in [0.29, 0.717) is 6.10 Å². The molecule has 0 aromatic heterocycles. The van der Waals surface area contributed by atoms with Gasteiger partial charge in [-0.3, -0.25) is 0 Å². The summed E-state index contributed by atoms with van der Waals surface area (Å²) in [7, 11) is 1.94. The lowest BCUT2D eigenvalue weighted by Gasteiger charge is -2.25. The van der Waals surface area contributed by atoms with Gasteiger partial charge < -0.3 is 10.1 Å². The summed E-state index contributed by atoms with van der Waals surface area (Å²) >= 11 is 0. The molecule has 2 nitrogen and oxygen atoms in total. The van der Waals surface area contributed by atoms with Crippen LogP contribution < -0.4 is 5.32 Å². The molecule has 1 aliphatic rings. The largest absolute Gasteiger partial charge is 0.378 e. The van der Waals surface area contributed by atoms with E-state index >= 15 is 0 Å². The van der Waals surface area contributed by atoms with E-state index in [1.54, 1.807) is 6.07 Å². The van der Waals surface area contributed by atoms with E-state index in [2.05, 4.69) is 5.32 Å². The molecule has 106 valence electrons. The molecule has 1 heterocycles. The van der Waals surface area contributed by atoms with E-state index in [0.717, 1.165) is 30.6 Å². The minimum absolute atomic E-state index is 0.158. The number of nitrogens with one attached hydrogen (secondary N) is 1. The van der Waals surface area contributed by atoms with Crippen LogP contribution in [0.25, 0.3) is 0 Å². The SMILES string of the molecule is CNC(CCC1CCCCO1)c1cc(F)ccc1C. The number of hydrogen-bond acceptors (Lipinski definition) is 2. The van der Waals surface area contributed by atoms with Gasteiger partial charge in [-0.2, -0.15) is 0 Å². The first kappa shape index (κ1) is 14.5. The Bertz CT molecular complexity index is 402. The van der Waals surface area contributed by atoms with Gasteiger partial charge in [-0.1, -0.05) is 6.07 Å². The van der Waals surface area contributed by atoms with Gasteiger partial charge in [0.25, 0.3) is 0 Å². The van der Waals surface area contributed by atoms with Crippen LogP contribution in [0.5, 0.6) is 0 Å². The average molecular weight is 265 g/mol. The zero-order chi connectivity index (χ0) is 13.7. The van der Waals surface area contributed by atoms with Gasteiger partial charge in [0.2, 0.25) is 0 Å². The number of halogens is 1. The molecule has 1 fully saturated rings. The van der Waals surface area contributed by atoms with Crippen LogP contribution in [0.3, 0.4) is 0 Å². The number of rotatable bonds is 5. The Morgan fingerprint density at radius 3 is 2.95 bits per heavy atom. The molecule has 2 unspecified atom stereocenters. The maximum atomic E-state index is 13.4. The van der Waals surface area contributed by atoms with Crippen LogP contribution in [0, 0.1) is 12.7 Å². The fourth-order valence-corrected chi connectivity index (χ4v) is 2.83. The number of aryl methyl sites for hydroxylation is 1. The van der Waals surface area contributed by atoms with Gasteiger partial charge in [0.1, 0.15) is 5.82 Å². The zero-order valence-electron chi connectivity index (χ0n) is 11.9. The van der Waals surface area contributed by atoms with Crippen LogP contribution in [0.4, 0.5) is 4.39 Å². The van der Waals surface area contributed by atoms with Crippen molar-refractivity contribution in [2.75, 3.05) is 13.7 Å². The summed E-state index contributed by atoms with van der Waals surface area (Å²) in [5.74, 6) is -0.158. The van der Waals surface area contributed by atoms with E-state index in [1.165, 1.54) is 25.3 Å². The molecule has 0 bridgehead atoms. The molecule has 19 heavy (non-hydrogen) atoms. The third-order valence-electron chi connectivity index (χ3n) is 4.02.